The van der Waals surface area contributed by atoms with Gasteiger partial charge in [0.05, 0.1) is 11.4 Å². The van der Waals surface area contributed by atoms with Gasteiger partial charge in [-0.1, -0.05) is 44.5 Å². The van der Waals surface area contributed by atoms with Crippen molar-refractivity contribution in [3.63, 3.8) is 0 Å². The molecule has 1 heterocycles. The van der Waals surface area contributed by atoms with Gasteiger partial charge in [0.1, 0.15) is 12.4 Å². The van der Waals surface area contributed by atoms with Gasteiger partial charge in [-0.25, -0.2) is 19.0 Å². The molecule has 0 fully saturated rings. The average molecular weight is 549 g/mol. The zero-order chi connectivity index (χ0) is 27.4. The SMILES string of the molecule is CN(C)S(=O)(=O)NC(=O)OCc1ccc(-n2nc(C(C)(C)C)cc2NC(=O)Nc2ccc(Cl)cc2)cc1. The van der Waals surface area contributed by atoms with Crippen LogP contribution in [0, 0.1) is 0 Å². The van der Waals surface area contributed by atoms with Crippen LogP contribution in [-0.2, 0) is 27.0 Å². The summed E-state index contributed by atoms with van der Waals surface area (Å²) < 4.78 is 32.7. The average Bonchev–Trinajstić information content (AvgIpc) is 3.23. The molecule has 0 atom stereocenters. The van der Waals surface area contributed by atoms with E-state index in [-0.39, 0.29) is 12.0 Å². The number of carbonyl (C=O) groups is 2. The zero-order valence-corrected chi connectivity index (χ0v) is 22.6. The first kappa shape index (κ1) is 28.0. The van der Waals surface area contributed by atoms with Crippen molar-refractivity contribution in [2.75, 3.05) is 24.7 Å². The highest BCUT2D eigenvalue weighted by Gasteiger charge is 2.22. The van der Waals surface area contributed by atoms with E-state index in [9.17, 15) is 18.0 Å². The van der Waals surface area contributed by atoms with E-state index in [1.807, 2.05) is 20.8 Å². The Morgan fingerprint density at radius 1 is 1.03 bits per heavy atom. The molecule has 0 aliphatic carbocycles. The summed E-state index contributed by atoms with van der Waals surface area (Å²) in [5, 5.41) is 10.8. The summed E-state index contributed by atoms with van der Waals surface area (Å²) in [6.07, 6.45) is -1.09. The second-order valence-corrected chi connectivity index (χ2v) is 11.6. The maximum Gasteiger partial charge on any atom is 0.422 e. The number of nitrogens with one attached hydrogen (secondary N) is 3. The fraction of sp³-hybridized carbons (Fsp3) is 0.292. The number of rotatable bonds is 7. The summed E-state index contributed by atoms with van der Waals surface area (Å²) in [7, 11) is -1.36. The molecule has 0 bridgehead atoms. The molecular weight excluding hydrogens is 520 g/mol. The zero-order valence-electron chi connectivity index (χ0n) is 21.1. The second-order valence-electron chi connectivity index (χ2n) is 9.29. The Labute approximate surface area is 220 Å². The molecule has 0 saturated heterocycles. The molecule has 13 heteroatoms. The van der Waals surface area contributed by atoms with Gasteiger partial charge in [0.2, 0.25) is 0 Å². The van der Waals surface area contributed by atoms with Crippen LogP contribution in [0.2, 0.25) is 5.02 Å². The maximum atomic E-state index is 12.7. The first-order chi connectivity index (χ1) is 17.2. The smallest absolute Gasteiger partial charge is 0.422 e. The van der Waals surface area contributed by atoms with Crippen LogP contribution in [0.15, 0.2) is 54.6 Å². The summed E-state index contributed by atoms with van der Waals surface area (Å²) >= 11 is 5.90. The highest BCUT2D eigenvalue weighted by atomic mass is 35.5. The summed E-state index contributed by atoms with van der Waals surface area (Å²) in [5.74, 6) is 0.452. The minimum absolute atomic E-state index is 0.143. The summed E-state index contributed by atoms with van der Waals surface area (Å²) in [4.78, 5) is 24.5. The van der Waals surface area contributed by atoms with Crippen molar-refractivity contribution in [2.24, 2.45) is 0 Å². The van der Waals surface area contributed by atoms with Crippen LogP contribution >= 0.6 is 11.6 Å². The molecule has 3 N–H and O–H groups in total. The molecule has 0 saturated carbocycles. The van der Waals surface area contributed by atoms with Crippen LogP contribution in [0.1, 0.15) is 32.0 Å². The van der Waals surface area contributed by atoms with E-state index in [2.05, 4.69) is 15.7 Å². The van der Waals surface area contributed by atoms with E-state index in [0.29, 0.717) is 27.8 Å². The highest BCUT2D eigenvalue weighted by molar-refractivity contribution is 7.87. The molecule has 0 aliphatic heterocycles. The third-order valence-electron chi connectivity index (χ3n) is 5.07. The van der Waals surface area contributed by atoms with Gasteiger partial charge in [0.25, 0.3) is 0 Å². The third-order valence-corrected chi connectivity index (χ3v) is 6.70. The van der Waals surface area contributed by atoms with Crippen LogP contribution in [0.5, 0.6) is 0 Å². The molecule has 1 aromatic heterocycles. The first-order valence-electron chi connectivity index (χ1n) is 11.1. The van der Waals surface area contributed by atoms with Crippen molar-refractivity contribution in [3.8, 4) is 5.69 Å². The molecular formula is C24H29ClN6O5S. The predicted octanol–water partition coefficient (Wildman–Crippen LogP) is 4.50. The van der Waals surface area contributed by atoms with Gasteiger partial charge in [-0.05, 0) is 42.0 Å². The Morgan fingerprint density at radius 2 is 1.65 bits per heavy atom. The number of benzene rings is 2. The molecule has 0 unspecified atom stereocenters. The fourth-order valence-electron chi connectivity index (χ4n) is 2.95. The molecule has 3 rings (SSSR count). The molecule has 0 radical (unpaired) electrons. The Bertz CT molecular complexity index is 1360. The van der Waals surface area contributed by atoms with Gasteiger partial charge >= 0.3 is 22.3 Å². The topological polar surface area (TPSA) is 135 Å². The molecule has 198 valence electrons. The number of amides is 3. The van der Waals surface area contributed by atoms with Crippen molar-refractivity contribution in [1.82, 2.24) is 18.8 Å². The predicted molar refractivity (Wildman–Crippen MR) is 142 cm³/mol. The molecule has 2 aromatic carbocycles. The van der Waals surface area contributed by atoms with Crippen LogP contribution in [0.3, 0.4) is 0 Å². The van der Waals surface area contributed by atoms with Crippen molar-refractivity contribution in [1.29, 1.82) is 0 Å². The van der Waals surface area contributed by atoms with Crippen molar-refractivity contribution in [2.45, 2.75) is 32.8 Å². The van der Waals surface area contributed by atoms with E-state index in [0.717, 1.165) is 10.00 Å². The largest absolute Gasteiger partial charge is 0.444 e. The molecule has 0 aliphatic rings. The summed E-state index contributed by atoms with van der Waals surface area (Å²) in [5.41, 5.74) is 2.35. The normalized spacial score (nSPS) is 11.8. The van der Waals surface area contributed by atoms with E-state index in [1.165, 1.54) is 14.1 Å². The number of urea groups is 1. The number of nitrogens with zero attached hydrogens (tertiary/aromatic N) is 3. The van der Waals surface area contributed by atoms with Crippen molar-refractivity contribution < 1.29 is 22.7 Å². The molecule has 3 amide bonds. The number of carbonyl (C=O) groups excluding carboxylic acids is 2. The highest BCUT2D eigenvalue weighted by Crippen LogP contribution is 2.27. The molecule has 0 spiro atoms. The van der Waals surface area contributed by atoms with Gasteiger partial charge in [-0.15, -0.1) is 0 Å². The van der Waals surface area contributed by atoms with Crippen LogP contribution < -0.4 is 15.4 Å². The van der Waals surface area contributed by atoms with Crippen LogP contribution in [-0.4, -0.2) is 48.7 Å². The molecule has 3 aromatic rings. The van der Waals surface area contributed by atoms with E-state index in [1.54, 1.807) is 64.0 Å². The number of halogens is 1. The molecule has 37 heavy (non-hydrogen) atoms. The standard InChI is InChI=1S/C24H29ClN6O5S/c1-24(2,3)20-14-21(27-22(32)26-18-10-8-17(25)9-11-18)31(28-20)19-12-6-16(7-13-19)15-36-23(33)29-37(34,35)30(4)5/h6-14H,15H2,1-5H3,(H,29,33)(H2,26,27,32). The van der Waals surface area contributed by atoms with Crippen molar-refractivity contribution >= 4 is 45.4 Å². The minimum Gasteiger partial charge on any atom is -0.444 e. The summed E-state index contributed by atoms with van der Waals surface area (Å²) in [6.45, 7) is 5.90. The van der Waals surface area contributed by atoms with E-state index >= 15 is 0 Å². The lowest BCUT2D eigenvalue weighted by molar-refractivity contribution is 0.145. The van der Waals surface area contributed by atoms with Crippen molar-refractivity contribution in [3.05, 3.63) is 70.9 Å². The Kier molecular flexibility index (Phi) is 8.46. The number of hydrogen-bond donors (Lipinski definition) is 3. The van der Waals surface area contributed by atoms with Gasteiger partial charge in [0.15, 0.2) is 0 Å². The van der Waals surface area contributed by atoms with Crippen LogP contribution in [0.4, 0.5) is 21.1 Å². The lowest BCUT2D eigenvalue weighted by atomic mass is 9.92. The number of aromatic nitrogens is 2. The fourth-order valence-corrected chi connectivity index (χ4v) is 3.53. The Morgan fingerprint density at radius 3 is 2.22 bits per heavy atom. The lowest BCUT2D eigenvalue weighted by Crippen LogP contribution is -2.39. The second kappa shape index (κ2) is 11.2. The Hall–Kier alpha value is -3.61. The maximum absolute atomic E-state index is 12.7. The lowest BCUT2D eigenvalue weighted by Gasteiger charge is -2.14. The number of ether oxygens (including phenoxy) is 1. The summed E-state index contributed by atoms with van der Waals surface area (Å²) in [6, 6.07) is 15.0. The number of anilines is 2. The van der Waals surface area contributed by atoms with Gasteiger partial charge in [0, 0.05) is 36.3 Å². The number of hydrogen-bond acceptors (Lipinski definition) is 6. The van der Waals surface area contributed by atoms with Crippen LogP contribution in [0.25, 0.3) is 5.69 Å². The van der Waals surface area contributed by atoms with Gasteiger partial charge in [-0.3, -0.25) is 5.32 Å². The van der Waals surface area contributed by atoms with E-state index < -0.39 is 22.3 Å². The monoisotopic (exact) mass is 548 g/mol. The minimum atomic E-state index is -3.94. The molecule has 11 nitrogen and oxygen atoms in total. The van der Waals surface area contributed by atoms with Gasteiger partial charge < -0.3 is 10.1 Å². The van der Waals surface area contributed by atoms with Gasteiger partial charge in [-0.2, -0.15) is 17.8 Å². The first-order valence-corrected chi connectivity index (χ1v) is 13.0. The van der Waals surface area contributed by atoms with E-state index in [4.69, 9.17) is 16.3 Å². The quantitative estimate of drug-likeness (QED) is 0.398. The third kappa shape index (κ3) is 7.68. The Balaban J connectivity index is 1.74.